The average molecular weight is 260 g/mol. The summed E-state index contributed by atoms with van der Waals surface area (Å²) in [7, 11) is 0. The Morgan fingerprint density at radius 3 is 2.84 bits per heavy atom. The topological polar surface area (TPSA) is 51.1 Å². The third-order valence-electron chi connectivity index (χ3n) is 3.90. The Kier molecular flexibility index (Phi) is 3.40. The van der Waals surface area contributed by atoms with Gasteiger partial charge in [-0.1, -0.05) is 0 Å². The molecule has 0 saturated heterocycles. The number of carbonyl (C=O) groups excluding carboxylic acids is 2. The molecule has 1 amide bonds. The number of rotatable bonds is 4. The maximum absolute atomic E-state index is 11.9. The van der Waals surface area contributed by atoms with Crippen molar-refractivity contribution in [1.82, 2.24) is 9.88 Å². The lowest BCUT2D eigenvalue weighted by atomic mass is 10.1. The molecule has 1 saturated carbocycles. The largest absolute Gasteiger partial charge is 0.353 e. The molecule has 0 spiro atoms. The third-order valence-corrected chi connectivity index (χ3v) is 3.90. The molecule has 4 nitrogen and oxygen atoms in total. The summed E-state index contributed by atoms with van der Waals surface area (Å²) in [5, 5.41) is 2.99. The van der Waals surface area contributed by atoms with E-state index in [1.54, 1.807) is 0 Å². The number of fused-ring (bicyclic) bond motifs is 1. The average Bonchev–Trinajstić information content (AvgIpc) is 3.13. The smallest absolute Gasteiger partial charge is 0.222 e. The first-order valence-electron chi connectivity index (χ1n) is 7.23. The summed E-state index contributed by atoms with van der Waals surface area (Å²) in [5.74, 6) is 0.381. The molecular weight excluding hydrogens is 240 g/mol. The maximum Gasteiger partial charge on any atom is 0.222 e. The summed E-state index contributed by atoms with van der Waals surface area (Å²) >= 11 is 0. The molecule has 19 heavy (non-hydrogen) atoms. The van der Waals surface area contributed by atoms with Crippen molar-refractivity contribution < 1.29 is 9.59 Å². The quantitative estimate of drug-likeness (QED) is 0.842. The van der Waals surface area contributed by atoms with Crippen molar-refractivity contribution in [3.8, 4) is 0 Å². The van der Waals surface area contributed by atoms with Crippen LogP contribution in [0.15, 0.2) is 12.4 Å². The fourth-order valence-electron chi connectivity index (χ4n) is 2.63. The number of amides is 1. The SMILES string of the molecule is O=C(CCn1cc2c(c1)C(=O)CCCC2)NC1CC1. The van der Waals surface area contributed by atoms with Crippen LogP contribution in [0.25, 0.3) is 0 Å². The van der Waals surface area contributed by atoms with E-state index in [0.717, 1.165) is 43.2 Å². The molecule has 4 heteroatoms. The second kappa shape index (κ2) is 5.19. The number of Topliss-reactive ketones (excluding diaryl/α,β-unsaturated/α-hetero) is 1. The van der Waals surface area contributed by atoms with Crippen LogP contribution >= 0.6 is 0 Å². The van der Waals surface area contributed by atoms with Crippen LogP contribution in [0.1, 0.15) is 54.4 Å². The monoisotopic (exact) mass is 260 g/mol. The van der Waals surface area contributed by atoms with Gasteiger partial charge in [0, 0.05) is 43.4 Å². The van der Waals surface area contributed by atoms with Crippen molar-refractivity contribution in [3.63, 3.8) is 0 Å². The van der Waals surface area contributed by atoms with E-state index in [1.807, 2.05) is 17.0 Å². The van der Waals surface area contributed by atoms with Crippen molar-refractivity contribution in [2.75, 3.05) is 0 Å². The van der Waals surface area contributed by atoms with E-state index in [0.29, 0.717) is 25.4 Å². The zero-order valence-corrected chi connectivity index (χ0v) is 11.2. The molecule has 1 heterocycles. The van der Waals surface area contributed by atoms with Gasteiger partial charge < -0.3 is 9.88 Å². The molecule has 0 radical (unpaired) electrons. The first-order chi connectivity index (χ1) is 9.22. The van der Waals surface area contributed by atoms with Gasteiger partial charge in [0.25, 0.3) is 0 Å². The van der Waals surface area contributed by atoms with E-state index in [9.17, 15) is 9.59 Å². The van der Waals surface area contributed by atoms with Gasteiger partial charge in [0.05, 0.1) is 0 Å². The van der Waals surface area contributed by atoms with Crippen LogP contribution in [0, 0.1) is 0 Å². The molecule has 1 aromatic rings. The van der Waals surface area contributed by atoms with Gasteiger partial charge in [0.2, 0.25) is 5.91 Å². The summed E-state index contributed by atoms with van der Waals surface area (Å²) in [6.45, 7) is 0.666. The number of nitrogens with one attached hydrogen (secondary N) is 1. The molecule has 0 aromatic carbocycles. The van der Waals surface area contributed by atoms with Gasteiger partial charge in [-0.25, -0.2) is 0 Å². The molecule has 1 fully saturated rings. The van der Waals surface area contributed by atoms with Crippen LogP contribution in [-0.4, -0.2) is 22.3 Å². The van der Waals surface area contributed by atoms with E-state index in [1.165, 1.54) is 0 Å². The normalized spacial score (nSPS) is 18.8. The Hall–Kier alpha value is -1.58. The highest BCUT2D eigenvalue weighted by Crippen LogP contribution is 2.22. The summed E-state index contributed by atoms with van der Waals surface area (Å²) in [6, 6.07) is 0.426. The first kappa shape index (κ1) is 12.5. The summed E-state index contributed by atoms with van der Waals surface area (Å²) in [5.41, 5.74) is 2.03. The van der Waals surface area contributed by atoms with Crippen molar-refractivity contribution in [2.24, 2.45) is 0 Å². The van der Waals surface area contributed by atoms with Crippen molar-refractivity contribution in [3.05, 3.63) is 23.5 Å². The van der Waals surface area contributed by atoms with Gasteiger partial charge in [-0.3, -0.25) is 9.59 Å². The second-order valence-corrected chi connectivity index (χ2v) is 5.66. The van der Waals surface area contributed by atoms with Gasteiger partial charge in [-0.15, -0.1) is 0 Å². The summed E-state index contributed by atoms with van der Waals surface area (Å²) in [4.78, 5) is 23.6. The number of aromatic nitrogens is 1. The third kappa shape index (κ3) is 3.06. The zero-order chi connectivity index (χ0) is 13.2. The van der Waals surface area contributed by atoms with E-state index in [2.05, 4.69) is 5.32 Å². The standard InChI is InChI=1S/C15H20N2O2/c18-14-4-2-1-3-11-9-17(10-13(11)14)8-7-15(19)16-12-5-6-12/h9-10,12H,1-8H2,(H,16,19). The molecule has 0 unspecified atom stereocenters. The Morgan fingerprint density at radius 1 is 1.26 bits per heavy atom. The van der Waals surface area contributed by atoms with E-state index in [4.69, 9.17) is 0 Å². The van der Waals surface area contributed by atoms with Crippen molar-refractivity contribution in [1.29, 1.82) is 0 Å². The fourth-order valence-corrected chi connectivity index (χ4v) is 2.63. The van der Waals surface area contributed by atoms with Gasteiger partial charge in [-0.2, -0.15) is 0 Å². The minimum Gasteiger partial charge on any atom is -0.353 e. The Balaban J connectivity index is 1.60. The van der Waals surface area contributed by atoms with Crippen LogP contribution in [0.5, 0.6) is 0 Å². The van der Waals surface area contributed by atoms with Crippen LogP contribution < -0.4 is 5.32 Å². The van der Waals surface area contributed by atoms with E-state index < -0.39 is 0 Å². The van der Waals surface area contributed by atoms with Crippen LogP contribution in [0.3, 0.4) is 0 Å². The molecule has 2 aliphatic rings. The Morgan fingerprint density at radius 2 is 2.05 bits per heavy atom. The number of aryl methyl sites for hydroxylation is 2. The lowest BCUT2D eigenvalue weighted by Crippen LogP contribution is -2.26. The van der Waals surface area contributed by atoms with E-state index in [-0.39, 0.29) is 11.7 Å². The summed E-state index contributed by atoms with van der Waals surface area (Å²) in [6.07, 6.45) is 10.5. The Labute approximate surface area is 113 Å². The van der Waals surface area contributed by atoms with Gasteiger partial charge in [0.1, 0.15) is 0 Å². The van der Waals surface area contributed by atoms with Crippen LogP contribution in [0.4, 0.5) is 0 Å². The molecule has 0 bridgehead atoms. The molecule has 0 atom stereocenters. The number of carbonyl (C=O) groups is 2. The Bertz CT molecular complexity index is 500. The predicted octanol–water partition coefficient (Wildman–Crippen LogP) is 2.07. The highest BCUT2D eigenvalue weighted by Gasteiger charge is 2.23. The number of nitrogens with zero attached hydrogens (tertiary/aromatic N) is 1. The molecular formula is C15H20N2O2. The minimum atomic E-state index is 0.123. The summed E-state index contributed by atoms with van der Waals surface area (Å²) < 4.78 is 2.00. The van der Waals surface area contributed by atoms with Crippen molar-refractivity contribution in [2.45, 2.75) is 57.5 Å². The molecule has 0 aliphatic heterocycles. The zero-order valence-electron chi connectivity index (χ0n) is 11.2. The molecule has 102 valence electrons. The predicted molar refractivity (Wildman–Crippen MR) is 72.1 cm³/mol. The van der Waals surface area contributed by atoms with Gasteiger partial charge >= 0.3 is 0 Å². The lowest BCUT2D eigenvalue weighted by Gasteiger charge is -2.04. The fraction of sp³-hybridized carbons (Fsp3) is 0.600. The number of ketones is 1. The first-order valence-corrected chi connectivity index (χ1v) is 7.23. The molecule has 1 aromatic heterocycles. The molecule has 3 rings (SSSR count). The number of hydrogen-bond acceptors (Lipinski definition) is 2. The highest BCUT2D eigenvalue weighted by atomic mass is 16.1. The lowest BCUT2D eigenvalue weighted by molar-refractivity contribution is -0.121. The highest BCUT2D eigenvalue weighted by molar-refractivity contribution is 5.97. The maximum atomic E-state index is 11.9. The van der Waals surface area contributed by atoms with Gasteiger partial charge in [0.15, 0.2) is 5.78 Å². The van der Waals surface area contributed by atoms with E-state index >= 15 is 0 Å². The molecule has 2 aliphatic carbocycles. The van der Waals surface area contributed by atoms with Crippen LogP contribution in [-0.2, 0) is 17.8 Å². The molecule has 1 N–H and O–H groups in total. The van der Waals surface area contributed by atoms with Crippen molar-refractivity contribution >= 4 is 11.7 Å². The second-order valence-electron chi connectivity index (χ2n) is 5.66. The van der Waals surface area contributed by atoms with Gasteiger partial charge in [-0.05, 0) is 37.7 Å². The minimum absolute atomic E-state index is 0.123. The van der Waals surface area contributed by atoms with Crippen LogP contribution in [0.2, 0.25) is 0 Å². The number of hydrogen-bond donors (Lipinski definition) is 1.